The summed E-state index contributed by atoms with van der Waals surface area (Å²) < 4.78 is 6.36. The van der Waals surface area contributed by atoms with Crippen LogP contribution in [0.1, 0.15) is 43.2 Å². The van der Waals surface area contributed by atoms with Crippen LogP contribution in [0.5, 0.6) is 0 Å². The molecule has 6 aromatic carbocycles. The lowest BCUT2D eigenvalue weighted by Crippen LogP contribution is -2.28. The Morgan fingerprint density at radius 3 is 1.86 bits per heavy atom. The van der Waals surface area contributed by atoms with Crippen LogP contribution < -0.4 is 0 Å². The van der Waals surface area contributed by atoms with Crippen LogP contribution in [0.4, 0.5) is 0 Å². The molecule has 0 aliphatic heterocycles. The van der Waals surface area contributed by atoms with Gasteiger partial charge in [0.15, 0.2) is 11.4 Å². The maximum Gasteiger partial charge on any atom is 0.180 e. The standard InChI is InChI=1S/C46H34N2O/c1-3-11-34(12-4-1)45-47-42(44-43(48-45)38-14-6-8-16-41(38)49-44)33-23-21-31(22-24-33)30-17-19-32(20-18-30)35-25-26-37-36-13-5-7-15-39(36)46(40(37)29-35)27-9-2-10-28-46/h1,3-8,11-26,29H,2,9-10,27-28H2. The van der Waals surface area contributed by atoms with E-state index in [0.29, 0.717) is 11.4 Å². The van der Waals surface area contributed by atoms with Crippen LogP contribution >= 0.6 is 0 Å². The summed E-state index contributed by atoms with van der Waals surface area (Å²) in [5, 5.41) is 0.997. The summed E-state index contributed by atoms with van der Waals surface area (Å²) in [5.74, 6) is 0.694. The Balaban J connectivity index is 0.990. The van der Waals surface area contributed by atoms with Gasteiger partial charge in [-0.25, -0.2) is 9.97 Å². The van der Waals surface area contributed by atoms with E-state index in [1.807, 2.05) is 36.4 Å². The van der Waals surface area contributed by atoms with Crippen molar-refractivity contribution in [2.75, 3.05) is 0 Å². The zero-order chi connectivity index (χ0) is 32.4. The third-order valence-electron chi connectivity index (χ3n) is 10.9. The van der Waals surface area contributed by atoms with Gasteiger partial charge in [-0.15, -0.1) is 0 Å². The van der Waals surface area contributed by atoms with E-state index in [2.05, 4.69) is 109 Å². The molecular weight excluding hydrogens is 597 g/mol. The van der Waals surface area contributed by atoms with Crippen molar-refractivity contribution in [2.45, 2.75) is 37.5 Å². The molecule has 0 unspecified atom stereocenters. The topological polar surface area (TPSA) is 38.9 Å². The lowest BCUT2D eigenvalue weighted by molar-refractivity contribution is 0.353. The number of para-hydroxylation sites is 1. The summed E-state index contributed by atoms with van der Waals surface area (Å²) in [4.78, 5) is 10.0. The third-order valence-corrected chi connectivity index (χ3v) is 10.9. The highest BCUT2D eigenvalue weighted by atomic mass is 16.3. The van der Waals surface area contributed by atoms with E-state index in [1.165, 1.54) is 71.0 Å². The Morgan fingerprint density at radius 2 is 1.08 bits per heavy atom. The first kappa shape index (κ1) is 28.2. The molecule has 10 rings (SSSR count). The number of fused-ring (bicyclic) bond motifs is 8. The molecule has 1 spiro atoms. The molecule has 49 heavy (non-hydrogen) atoms. The number of furan rings is 1. The number of hydrogen-bond donors (Lipinski definition) is 0. The van der Waals surface area contributed by atoms with Gasteiger partial charge in [0.25, 0.3) is 0 Å². The van der Waals surface area contributed by atoms with E-state index in [4.69, 9.17) is 14.4 Å². The molecule has 0 amide bonds. The quantitative estimate of drug-likeness (QED) is 0.194. The molecule has 0 saturated heterocycles. The first-order chi connectivity index (χ1) is 24.2. The van der Waals surface area contributed by atoms with Crippen LogP contribution in [0.15, 0.2) is 150 Å². The van der Waals surface area contributed by atoms with Gasteiger partial charge < -0.3 is 4.42 Å². The highest BCUT2D eigenvalue weighted by Crippen LogP contribution is 2.56. The molecule has 0 N–H and O–H groups in total. The first-order valence-electron chi connectivity index (χ1n) is 17.5. The molecule has 2 aliphatic carbocycles. The highest BCUT2D eigenvalue weighted by Gasteiger charge is 2.43. The van der Waals surface area contributed by atoms with Crippen molar-refractivity contribution < 1.29 is 4.42 Å². The summed E-state index contributed by atoms with van der Waals surface area (Å²) in [6, 6.07) is 52.2. The van der Waals surface area contributed by atoms with Crippen LogP contribution in [0, 0.1) is 0 Å². The largest absolute Gasteiger partial charge is 0.452 e. The maximum atomic E-state index is 6.36. The summed E-state index contributed by atoms with van der Waals surface area (Å²) in [7, 11) is 0. The minimum Gasteiger partial charge on any atom is -0.452 e. The van der Waals surface area contributed by atoms with Gasteiger partial charge in [-0.2, -0.15) is 0 Å². The van der Waals surface area contributed by atoms with Crippen LogP contribution in [0.2, 0.25) is 0 Å². The number of nitrogens with zero attached hydrogens (tertiary/aromatic N) is 2. The summed E-state index contributed by atoms with van der Waals surface area (Å²) >= 11 is 0. The molecule has 0 atom stereocenters. The van der Waals surface area contributed by atoms with E-state index in [0.717, 1.165) is 33.3 Å². The molecule has 2 aromatic heterocycles. The highest BCUT2D eigenvalue weighted by molar-refractivity contribution is 6.07. The van der Waals surface area contributed by atoms with E-state index in [-0.39, 0.29) is 5.41 Å². The van der Waals surface area contributed by atoms with Gasteiger partial charge in [0.05, 0.1) is 0 Å². The Hall–Kier alpha value is -5.80. The fourth-order valence-electron chi connectivity index (χ4n) is 8.51. The second kappa shape index (κ2) is 11.1. The summed E-state index contributed by atoms with van der Waals surface area (Å²) in [6.45, 7) is 0. The fraction of sp³-hybridized carbons (Fsp3) is 0.130. The Kier molecular flexibility index (Phi) is 6.42. The zero-order valence-electron chi connectivity index (χ0n) is 27.2. The lowest BCUT2D eigenvalue weighted by Gasteiger charge is -2.36. The molecule has 3 heteroatoms. The number of aromatic nitrogens is 2. The van der Waals surface area contributed by atoms with Gasteiger partial charge in [-0.3, -0.25) is 0 Å². The number of hydrogen-bond acceptors (Lipinski definition) is 3. The van der Waals surface area contributed by atoms with Crippen molar-refractivity contribution in [1.29, 1.82) is 0 Å². The minimum atomic E-state index is 0.168. The monoisotopic (exact) mass is 630 g/mol. The molecule has 8 aromatic rings. The van der Waals surface area contributed by atoms with Crippen molar-refractivity contribution >= 4 is 22.1 Å². The second-order valence-electron chi connectivity index (χ2n) is 13.6. The van der Waals surface area contributed by atoms with Gasteiger partial charge in [-0.1, -0.05) is 147 Å². The molecule has 3 nitrogen and oxygen atoms in total. The molecule has 234 valence electrons. The minimum absolute atomic E-state index is 0.168. The lowest BCUT2D eigenvalue weighted by atomic mass is 9.67. The van der Waals surface area contributed by atoms with Crippen molar-refractivity contribution in [3.8, 4) is 56.0 Å². The number of benzene rings is 6. The average Bonchev–Trinajstić information content (AvgIpc) is 3.68. The fourth-order valence-corrected chi connectivity index (χ4v) is 8.51. The van der Waals surface area contributed by atoms with E-state index < -0.39 is 0 Å². The van der Waals surface area contributed by atoms with Gasteiger partial charge in [0.1, 0.15) is 16.8 Å². The van der Waals surface area contributed by atoms with E-state index >= 15 is 0 Å². The first-order valence-corrected chi connectivity index (χ1v) is 17.5. The van der Waals surface area contributed by atoms with Crippen LogP contribution in [0.3, 0.4) is 0 Å². The predicted molar refractivity (Wildman–Crippen MR) is 200 cm³/mol. The van der Waals surface area contributed by atoms with Gasteiger partial charge in [0, 0.05) is 21.9 Å². The Bertz CT molecular complexity index is 2500. The molecule has 2 heterocycles. The molecular formula is C46H34N2O. The zero-order valence-corrected chi connectivity index (χ0v) is 27.2. The molecule has 0 radical (unpaired) electrons. The Labute approximate surface area is 285 Å². The molecule has 1 fully saturated rings. The number of rotatable bonds is 4. The van der Waals surface area contributed by atoms with Crippen LogP contribution in [-0.4, -0.2) is 9.97 Å². The summed E-state index contributed by atoms with van der Waals surface area (Å²) in [6.07, 6.45) is 6.46. The normalized spacial score (nSPS) is 14.7. The van der Waals surface area contributed by atoms with Crippen molar-refractivity contribution in [3.05, 3.63) is 157 Å². The van der Waals surface area contributed by atoms with Crippen LogP contribution in [0.25, 0.3) is 78.1 Å². The Morgan fingerprint density at radius 1 is 0.469 bits per heavy atom. The predicted octanol–water partition coefficient (Wildman–Crippen LogP) is 12.3. The maximum absolute atomic E-state index is 6.36. The molecule has 0 bridgehead atoms. The van der Waals surface area contributed by atoms with E-state index in [1.54, 1.807) is 5.56 Å². The second-order valence-corrected chi connectivity index (χ2v) is 13.6. The SMILES string of the molecule is c1ccc(-c2nc(-c3ccc(-c4ccc(-c5ccc6c(c5)C5(CCCCC5)c5ccccc5-6)cc4)cc3)c3oc4ccccc4c3n2)cc1. The molecule has 2 aliphatic rings. The third kappa shape index (κ3) is 4.49. The van der Waals surface area contributed by atoms with Gasteiger partial charge in [0.2, 0.25) is 0 Å². The smallest absolute Gasteiger partial charge is 0.180 e. The van der Waals surface area contributed by atoms with E-state index in [9.17, 15) is 0 Å². The van der Waals surface area contributed by atoms with Gasteiger partial charge >= 0.3 is 0 Å². The van der Waals surface area contributed by atoms with Crippen molar-refractivity contribution in [2.24, 2.45) is 0 Å². The van der Waals surface area contributed by atoms with Crippen molar-refractivity contribution in [3.63, 3.8) is 0 Å². The summed E-state index contributed by atoms with van der Waals surface area (Å²) in [5.41, 5.74) is 16.2. The molecule has 1 saturated carbocycles. The van der Waals surface area contributed by atoms with Gasteiger partial charge in [-0.05, 0) is 75.5 Å². The average molecular weight is 631 g/mol. The van der Waals surface area contributed by atoms with Crippen molar-refractivity contribution in [1.82, 2.24) is 9.97 Å². The van der Waals surface area contributed by atoms with Crippen LogP contribution in [-0.2, 0) is 5.41 Å².